The number of benzene rings is 1. The van der Waals surface area contributed by atoms with E-state index in [4.69, 9.17) is 24.7 Å². The van der Waals surface area contributed by atoms with Crippen LogP contribution in [0.3, 0.4) is 0 Å². The van der Waals surface area contributed by atoms with Crippen LogP contribution in [0.2, 0.25) is 0 Å². The number of nitrogens with zero attached hydrogens (tertiary/aromatic N) is 2. The summed E-state index contributed by atoms with van der Waals surface area (Å²) >= 11 is 0. The smallest absolute Gasteiger partial charge is 0.455 e. The molecule has 0 spiro atoms. The maximum absolute atomic E-state index is 14.7. The van der Waals surface area contributed by atoms with Crippen molar-refractivity contribution >= 4 is 44.6 Å². The number of allylic oxidation sites excluding steroid dienone is 2. The predicted molar refractivity (Wildman–Crippen MR) is 224 cm³/mol. The molecular formula is C43H57F5N6O10S. The van der Waals surface area contributed by atoms with Gasteiger partial charge in [0.2, 0.25) is 33.6 Å². The molecule has 4 amide bonds. The summed E-state index contributed by atoms with van der Waals surface area (Å²) in [7, 11) is -2.82. The Hall–Kier alpha value is -4.83. The summed E-state index contributed by atoms with van der Waals surface area (Å²) < 4.78 is 118. The number of pyridine rings is 1. The SMILES string of the molecule is COc1cc2ccnc(O[C@@H]3C[C@@H](C(N)=O)N(C(=O)[C@@H](NNC(=O)OC4(C(F)(F)F)CCCCO4)[C@H](C)C[C@@H](C)CC/C=C\[C@@H]4CCCC4C(=O)NS(=O)(=O)C4(CF)CC4)C3)c2cc1F. The number of nitrogens with one attached hydrogen (secondary N) is 3. The number of likely N-dealkylation sites (tertiary alicyclic amines) is 1. The van der Waals surface area contributed by atoms with Crippen molar-refractivity contribution in [2.24, 2.45) is 29.4 Å². The second-order valence-corrected chi connectivity index (χ2v) is 19.8. The minimum atomic E-state index is -5.06. The molecule has 4 fully saturated rings. The van der Waals surface area contributed by atoms with Gasteiger partial charge in [0.15, 0.2) is 11.6 Å². The van der Waals surface area contributed by atoms with E-state index in [9.17, 15) is 49.5 Å². The molecule has 4 aliphatic rings. The first-order chi connectivity index (χ1) is 30.7. The number of sulfonamides is 1. The molecule has 16 nitrogen and oxygen atoms in total. The topological polar surface area (TPSA) is 218 Å². The fourth-order valence-corrected chi connectivity index (χ4v) is 10.5. The third-order valence-corrected chi connectivity index (χ3v) is 15.1. The molecule has 2 saturated carbocycles. The Bertz CT molecular complexity index is 2210. The van der Waals surface area contributed by atoms with E-state index < -0.39 is 99.5 Å². The Morgan fingerprint density at radius 3 is 2.51 bits per heavy atom. The number of hydrogen-bond donors (Lipinski definition) is 4. The monoisotopic (exact) mass is 944 g/mol. The Balaban J connectivity index is 1.13. The number of carbonyl (C=O) groups excluding carboxylic acids is 4. The fraction of sp³-hybridized carbons (Fsp3) is 0.651. The standard InChI is InChI=1S/C43H57F5N6O10S/c1-25(9-4-5-10-27-11-8-12-30(27)37(56)53-65(59,60)41(24-44)15-16-41)19-26(2)35(51-52-40(58)64-42(43(46,47)48)14-6-7-18-62-42)39(57)54-23-29(21-33(54)36(49)55)63-38-31-22-32(45)34(61-3)20-28(31)13-17-50-38/h5,10,13,17,20,22,25-27,29-30,33,35,51H,4,6-9,11-12,14-16,18-19,21,23-24H2,1-3H3,(H2,49,55)(H,52,58)(H,53,56)/b10-5-/t25-,26+,27+,29+,30?,33-,35-,42?/m0/s1. The minimum absolute atomic E-state index is 0.00400. The van der Waals surface area contributed by atoms with E-state index in [0.29, 0.717) is 55.7 Å². The number of carbonyl (C=O) groups is 4. The molecule has 360 valence electrons. The Labute approximate surface area is 373 Å². The number of hydrogen-bond acceptors (Lipinski definition) is 12. The lowest BCUT2D eigenvalue weighted by atomic mass is 9.88. The third-order valence-electron chi connectivity index (χ3n) is 13.0. The second-order valence-electron chi connectivity index (χ2n) is 17.7. The van der Waals surface area contributed by atoms with E-state index in [-0.39, 0.29) is 62.3 Å². The molecule has 2 unspecified atom stereocenters. The number of primary amides is 1. The average molecular weight is 945 g/mol. The van der Waals surface area contributed by atoms with Crippen LogP contribution in [0.5, 0.6) is 11.6 Å². The van der Waals surface area contributed by atoms with Crippen molar-refractivity contribution in [1.29, 1.82) is 0 Å². The number of halogens is 5. The van der Waals surface area contributed by atoms with Crippen LogP contribution >= 0.6 is 0 Å². The van der Waals surface area contributed by atoms with Crippen LogP contribution in [-0.2, 0) is 33.9 Å². The average Bonchev–Trinajstić information content (AvgIpc) is 3.74. The Kier molecular flexibility index (Phi) is 15.5. The highest BCUT2D eigenvalue weighted by molar-refractivity contribution is 7.91. The second kappa shape index (κ2) is 20.4. The van der Waals surface area contributed by atoms with Gasteiger partial charge in [-0.1, -0.05) is 32.4 Å². The first-order valence-electron chi connectivity index (χ1n) is 21.9. The van der Waals surface area contributed by atoms with Gasteiger partial charge in [-0.3, -0.25) is 24.5 Å². The molecule has 2 aromatic rings. The van der Waals surface area contributed by atoms with Crippen LogP contribution in [0.1, 0.15) is 90.9 Å². The quantitative estimate of drug-likeness (QED) is 0.0765. The molecule has 1 aromatic heterocycles. The molecule has 0 bridgehead atoms. The van der Waals surface area contributed by atoms with Crippen molar-refractivity contribution in [2.75, 3.05) is 26.9 Å². The minimum Gasteiger partial charge on any atom is -0.494 e. The van der Waals surface area contributed by atoms with E-state index in [0.717, 1.165) is 0 Å². The number of hydrazine groups is 1. The fourth-order valence-electron chi connectivity index (χ4n) is 9.04. The van der Waals surface area contributed by atoms with Gasteiger partial charge in [0.1, 0.15) is 29.6 Å². The normalized spacial score (nSPS) is 25.8. The largest absolute Gasteiger partial charge is 0.494 e. The summed E-state index contributed by atoms with van der Waals surface area (Å²) in [6, 6.07) is 1.71. The first-order valence-corrected chi connectivity index (χ1v) is 23.3. The van der Waals surface area contributed by atoms with Gasteiger partial charge in [-0.25, -0.2) is 32.4 Å². The zero-order valence-corrected chi connectivity index (χ0v) is 37.3. The van der Waals surface area contributed by atoms with Gasteiger partial charge in [0.25, 0.3) is 0 Å². The van der Waals surface area contributed by atoms with Crippen LogP contribution in [0.25, 0.3) is 10.8 Å². The maximum atomic E-state index is 14.7. The van der Waals surface area contributed by atoms with Crippen LogP contribution in [-0.4, -0.2) is 104 Å². The molecule has 8 atom stereocenters. The van der Waals surface area contributed by atoms with Crippen molar-refractivity contribution in [2.45, 2.75) is 126 Å². The van der Waals surface area contributed by atoms with Crippen LogP contribution < -0.4 is 30.8 Å². The summed E-state index contributed by atoms with van der Waals surface area (Å²) in [5.74, 6) is -7.64. The van der Waals surface area contributed by atoms with E-state index >= 15 is 0 Å². The zero-order valence-electron chi connectivity index (χ0n) is 36.5. The molecule has 22 heteroatoms. The van der Waals surface area contributed by atoms with Crippen molar-refractivity contribution in [3.8, 4) is 11.6 Å². The molecule has 0 radical (unpaired) electrons. The maximum Gasteiger partial charge on any atom is 0.455 e. The van der Waals surface area contributed by atoms with Crippen LogP contribution in [0.15, 0.2) is 36.5 Å². The van der Waals surface area contributed by atoms with Crippen LogP contribution in [0.4, 0.5) is 26.7 Å². The van der Waals surface area contributed by atoms with E-state index in [2.05, 4.69) is 20.6 Å². The zero-order chi connectivity index (χ0) is 47.3. The highest BCUT2D eigenvalue weighted by Gasteiger charge is 2.61. The number of methoxy groups -OCH3 is 1. The van der Waals surface area contributed by atoms with Crippen molar-refractivity contribution in [1.82, 2.24) is 25.5 Å². The van der Waals surface area contributed by atoms with Gasteiger partial charge in [-0.05, 0) is 99.1 Å². The number of alkyl halides is 4. The van der Waals surface area contributed by atoms with E-state index in [1.807, 2.05) is 19.1 Å². The van der Waals surface area contributed by atoms with Crippen molar-refractivity contribution < 1.29 is 68.5 Å². The number of ether oxygens (including phenoxy) is 4. The van der Waals surface area contributed by atoms with Gasteiger partial charge < -0.3 is 29.6 Å². The predicted octanol–water partition coefficient (Wildman–Crippen LogP) is 5.64. The number of aromatic nitrogens is 1. The molecule has 2 aliphatic carbocycles. The van der Waals surface area contributed by atoms with Crippen molar-refractivity contribution in [3.05, 3.63) is 42.4 Å². The molecule has 3 heterocycles. The lowest BCUT2D eigenvalue weighted by Crippen LogP contribution is -2.60. The van der Waals surface area contributed by atoms with Crippen molar-refractivity contribution in [3.63, 3.8) is 0 Å². The summed E-state index contributed by atoms with van der Waals surface area (Å²) in [4.78, 5) is 58.8. The molecule has 6 rings (SSSR count). The Morgan fingerprint density at radius 1 is 1.11 bits per heavy atom. The highest BCUT2D eigenvalue weighted by Crippen LogP contribution is 2.44. The molecule has 65 heavy (non-hydrogen) atoms. The molecular weight excluding hydrogens is 888 g/mol. The molecule has 5 N–H and O–H groups in total. The summed E-state index contributed by atoms with van der Waals surface area (Å²) in [6.07, 6.45) is 1.05. The molecule has 2 aliphatic heterocycles. The number of amides is 4. The third kappa shape index (κ3) is 11.2. The van der Waals surface area contributed by atoms with Gasteiger partial charge in [-0.2, -0.15) is 13.2 Å². The van der Waals surface area contributed by atoms with Gasteiger partial charge in [0.05, 0.1) is 20.3 Å². The summed E-state index contributed by atoms with van der Waals surface area (Å²) in [6.45, 7) is 2.05. The number of fused-ring (bicyclic) bond motifs is 1. The van der Waals surface area contributed by atoms with E-state index in [1.54, 1.807) is 13.0 Å². The summed E-state index contributed by atoms with van der Waals surface area (Å²) in [5.41, 5.74) is 10.4. The van der Waals surface area contributed by atoms with Gasteiger partial charge >= 0.3 is 18.1 Å². The molecule has 1 aromatic carbocycles. The van der Waals surface area contributed by atoms with E-state index in [1.165, 1.54) is 30.3 Å². The van der Waals surface area contributed by atoms with Gasteiger partial charge in [0, 0.05) is 30.3 Å². The lowest BCUT2D eigenvalue weighted by molar-refractivity contribution is -0.372. The summed E-state index contributed by atoms with van der Waals surface area (Å²) in [5, 5.41) is 0.836. The van der Waals surface area contributed by atoms with Crippen LogP contribution in [0, 0.1) is 29.5 Å². The van der Waals surface area contributed by atoms with Gasteiger partial charge in [-0.15, -0.1) is 0 Å². The first kappa shape index (κ1) is 49.6. The Morgan fingerprint density at radius 2 is 1.86 bits per heavy atom. The molecule has 2 saturated heterocycles. The lowest BCUT2D eigenvalue weighted by Gasteiger charge is -2.37. The number of rotatable bonds is 19. The highest BCUT2D eigenvalue weighted by atomic mass is 32.2. The number of nitrogens with two attached hydrogens (primary N) is 1.